The first-order valence-corrected chi connectivity index (χ1v) is 8.90. The number of carboxylic acid groups (broad SMARTS) is 1. The SMILES string of the molecule is O=C(O)c1cc(NC2CC(c3cc(=O)[nH]c(N4CCCC4)n3)C2)ccn1. The number of hydrogen-bond acceptors (Lipinski definition) is 6. The molecule has 2 fully saturated rings. The van der Waals surface area contributed by atoms with Crippen LogP contribution < -0.4 is 15.8 Å². The molecule has 1 saturated heterocycles. The minimum atomic E-state index is -1.04. The topological polar surface area (TPSA) is 111 Å². The molecule has 0 atom stereocenters. The summed E-state index contributed by atoms with van der Waals surface area (Å²) in [6.45, 7) is 1.88. The second kappa shape index (κ2) is 6.78. The average Bonchev–Trinajstić information content (AvgIpc) is 3.12. The van der Waals surface area contributed by atoms with Crippen LogP contribution in [0.3, 0.4) is 0 Å². The van der Waals surface area contributed by atoms with E-state index in [1.807, 2.05) is 0 Å². The van der Waals surface area contributed by atoms with Crippen molar-refractivity contribution in [2.75, 3.05) is 23.3 Å². The minimum absolute atomic E-state index is 0.0254. The van der Waals surface area contributed by atoms with Crippen LogP contribution >= 0.6 is 0 Å². The molecule has 0 bridgehead atoms. The van der Waals surface area contributed by atoms with Crippen LogP contribution in [0.25, 0.3) is 0 Å². The molecule has 2 aliphatic rings. The van der Waals surface area contributed by atoms with Crippen molar-refractivity contribution < 1.29 is 9.90 Å². The van der Waals surface area contributed by atoms with Gasteiger partial charge >= 0.3 is 5.97 Å². The number of rotatable bonds is 5. The monoisotopic (exact) mass is 355 g/mol. The third kappa shape index (κ3) is 3.40. The van der Waals surface area contributed by atoms with Gasteiger partial charge in [-0.25, -0.2) is 14.8 Å². The van der Waals surface area contributed by atoms with Crippen LogP contribution in [-0.4, -0.2) is 45.2 Å². The number of pyridine rings is 1. The highest BCUT2D eigenvalue weighted by atomic mass is 16.4. The summed E-state index contributed by atoms with van der Waals surface area (Å²) in [4.78, 5) is 36.4. The van der Waals surface area contributed by atoms with Crippen molar-refractivity contribution in [3.8, 4) is 0 Å². The predicted octanol–water partition coefficient (Wildman–Crippen LogP) is 1.82. The quantitative estimate of drug-likeness (QED) is 0.750. The third-order valence-corrected chi connectivity index (χ3v) is 5.06. The molecule has 0 aromatic carbocycles. The molecule has 136 valence electrons. The maximum absolute atomic E-state index is 12.0. The summed E-state index contributed by atoms with van der Waals surface area (Å²) < 4.78 is 0. The molecule has 8 nitrogen and oxygen atoms in total. The van der Waals surface area contributed by atoms with Crippen LogP contribution in [0, 0.1) is 0 Å². The van der Waals surface area contributed by atoms with Crippen molar-refractivity contribution in [3.63, 3.8) is 0 Å². The first-order chi connectivity index (χ1) is 12.6. The molecule has 0 spiro atoms. The molecule has 0 amide bonds. The van der Waals surface area contributed by atoms with Gasteiger partial charge in [0.2, 0.25) is 5.95 Å². The summed E-state index contributed by atoms with van der Waals surface area (Å²) in [5.74, 6) is -0.110. The van der Waals surface area contributed by atoms with Gasteiger partial charge in [0.05, 0.1) is 5.69 Å². The summed E-state index contributed by atoms with van der Waals surface area (Å²) in [7, 11) is 0. The molecule has 3 N–H and O–H groups in total. The third-order valence-electron chi connectivity index (χ3n) is 5.06. The fraction of sp³-hybridized carbons (Fsp3) is 0.444. The van der Waals surface area contributed by atoms with E-state index in [9.17, 15) is 9.59 Å². The smallest absolute Gasteiger partial charge is 0.354 e. The molecule has 2 aromatic heterocycles. The summed E-state index contributed by atoms with van der Waals surface area (Å²) in [6, 6.07) is 5.12. The van der Waals surface area contributed by atoms with Gasteiger partial charge in [-0.2, -0.15) is 0 Å². The van der Waals surface area contributed by atoms with E-state index in [0.29, 0.717) is 5.95 Å². The van der Waals surface area contributed by atoms with Gasteiger partial charge < -0.3 is 15.3 Å². The van der Waals surface area contributed by atoms with Gasteiger partial charge in [-0.05, 0) is 37.8 Å². The summed E-state index contributed by atoms with van der Waals surface area (Å²) in [5.41, 5.74) is 1.51. The number of aromatic carboxylic acids is 1. The van der Waals surface area contributed by atoms with Crippen molar-refractivity contribution >= 4 is 17.6 Å². The number of anilines is 2. The molecule has 8 heteroatoms. The van der Waals surface area contributed by atoms with Crippen LogP contribution in [-0.2, 0) is 0 Å². The van der Waals surface area contributed by atoms with Crippen LogP contribution in [0.1, 0.15) is 47.8 Å². The number of hydrogen-bond donors (Lipinski definition) is 3. The van der Waals surface area contributed by atoms with Crippen LogP contribution in [0.5, 0.6) is 0 Å². The maximum atomic E-state index is 12.0. The minimum Gasteiger partial charge on any atom is -0.477 e. The van der Waals surface area contributed by atoms with Crippen molar-refractivity contribution in [3.05, 3.63) is 46.1 Å². The highest BCUT2D eigenvalue weighted by Gasteiger charge is 2.32. The van der Waals surface area contributed by atoms with E-state index in [2.05, 4.69) is 25.2 Å². The number of carboxylic acids is 1. The molecule has 1 aliphatic carbocycles. The molecule has 26 heavy (non-hydrogen) atoms. The van der Waals surface area contributed by atoms with E-state index in [1.165, 1.54) is 12.3 Å². The lowest BCUT2D eigenvalue weighted by molar-refractivity contribution is 0.0690. The zero-order valence-electron chi connectivity index (χ0n) is 14.3. The van der Waals surface area contributed by atoms with Crippen LogP contribution in [0.15, 0.2) is 29.2 Å². The van der Waals surface area contributed by atoms with Gasteiger partial charge in [0.25, 0.3) is 5.56 Å². The first-order valence-electron chi connectivity index (χ1n) is 8.90. The zero-order chi connectivity index (χ0) is 18.1. The highest BCUT2D eigenvalue weighted by Crippen LogP contribution is 2.37. The lowest BCUT2D eigenvalue weighted by Gasteiger charge is -2.36. The Bertz CT molecular complexity index is 869. The van der Waals surface area contributed by atoms with Crippen molar-refractivity contribution in [2.24, 2.45) is 0 Å². The molecule has 1 saturated carbocycles. The van der Waals surface area contributed by atoms with E-state index in [4.69, 9.17) is 5.11 Å². The normalized spacial score (nSPS) is 22.1. The Kier molecular flexibility index (Phi) is 4.32. The molecule has 1 aliphatic heterocycles. The first kappa shape index (κ1) is 16.6. The number of H-pyrrole nitrogens is 1. The van der Waals surface area contributed by atoms with Gasteiger partial charge in [0.1, 0.15) is 5.69 Å². The van der Waals surface area contributed by atoms with Gasteiger partial charge in [-0.3, -0.25) is 9.78 Å². The molecule has 3 heterocycles. The van der Waals surface area contributed by atoms with E-state index in [0.717, 1.165) is 50.2 Å². The second-order valence-corrected chi connectivity index (χ2v) is 6.93. The fourth-order valence-corrected chi connectivity index (χ4v) is 3.60. The predicted molar refractivity (Wildman–Crippen MR) is 96.9 cm³/mol. The fourth-order valence-electron chi connectivity index (χ4n) is 3.60. The van der Waals surface area contributed by atoms with E-state index < -0.39 is 5.97 Å². The number of aromatic nitrogens is 3. The van der Waals surface area contributed by atoms with Gasteiger partial charge in [-0.15, -0.1) is 0 Å². The Labute approximate surface area is 150 Å². The Morgan fingerprint density at radius 1 is 1.27 bits per heavy atom. The molecule has 2 aromatic rings. The zero-order valence-corrected chi connectivity index (χ0v) is 14.3. The lowest BCUT2D eigenvalue weighted by Crippen LogP contribution is -2.35. The Balaban J connectivity index is 1.41. The van der Waals surface area contributed by atoms with Gasteiger partial charge in [-0.1, -0.05) is 0 Å². The number of carbonyl (C=O) groups is 1. The largest absolute Gasteiger partial charge is 0.477 e. The summed E-state index contributed by atoms with van der Waals surface area (Å²) in [5, 5.41) is 12.3. The molecule has 0 radical (unpaired) electrons. The van der Waals surface area contributed by atoms with E-state index >= 15 is 0 Å². The number of nitrogens with zero attached hydrogens (tertiary/aromatic N) is 3. The standard InChI is InChI=1S/C18H21N5O3/c24-16-10-14(21-18(22-16)23-5-1-2-6-23)11-7-13(8-11)20-12-3-4-19-15(9-12)17(25)26/h3-4,9-11,13H,1-2,5-8H2,(H,19,20)(H,25,26)(H,21,22,24). The molecular weight excluding hydrogens is 334 g/mol. The maximum Gasteiger partial charge on any atom is 0.354 e. The molecule has 4 rings (SSSR count). The lowest BCUT2D eigenvalue weighted by atomic mass is 9.78. The average molecular weight is 355 g/mol. The Morgan fingerprint density at radius 3 is 2.77 bits per heavy atom. The van der Waals surface area contributed by atoms with Crippen molar-refractivity contribution in [2.45, 2.75) is 37.6 Å². The number of aromatic amines is 1. The number of nitrogens with one attached hydrogen (secondary N) is 2. The molecular formula is C18H21N5O3. The highest BCUT2D eigenvalue weighted by molar-refractivity contribution is 5.86. The van der Waals surface area contributed by atoms with E-state index in [1.54, 1.807) is 12.1 Å². The van der Waals surface area contributed by atoms with Gasteiger partial charge in [0.15, 0.2) is 0 Å². The van der Waals surface area contributed by atoms with Crippen LogP contribution in [0.2, 0.25) is 0 Å². The van der Waals surface area contributed by atoms with E-state index in [-0.39, 0.29) is 23.2 Å². The summed E-state index contributed by atoms with van der Waals surface area (Å²) in [6.07, 6.45) is 5.48. The van der Waals surface area contributed by atoms with Gasteiger partial charge in [0, 0.05) is 43.0 Å². The summed E-state index contributed by atoms with van der Waals surface area (Å²) >= 11 is 0. The van der Waals surface area contributed by atoms with Crippen LogP contribution in [0.4, 0.5) is 11.6 Å². The van der Waals surface area contributed by atoms with Crippen molar-refractivity contribution in [1.29, 1.82) is 0 Å². The Hall–Kier alpha value is -2.90. The Morgan fingerprint density at radius 2 is 2.04 bits per heavy atom. The second-order valence-electron chi connectivity index (χ2n) is 6.93. The van der Waals surface area contributed by atoms with Crippen molar-refractivity contribution in [1.82, 2.24) is 15.0 Å². The molecule has 0 unspecified atom stereocenters.